The average molecular weight is 419 g/mol. The van der Waals surface area contributed by atoms with E-state index in [9.17, 15) is 0 Å². The molecule has 1 saturated heterocycles. The number of nitrogens with zero attached hydrogens (tertiary/aromatic N) is 1. The van der Waals surface area contributed by atoms with Gasteiger partial charge in [-0.25, -0.2) is 0 Å². The summed E-state index contributed by atoms with van der Waals surface area (Å²) in [6.45, 7) is 14.2. The summed E-state index contributed by atoms with van der Waals surface area (Å²) in [4.78, 5) is 2.49. The Bertz CT molecular complexity index is 895. The van der Waals surface area contributed by atoms with E-state index in [1.807, 2.05) is 0 Å². The van der Waals surface area contributed by atoms with Gasteiger partial charge in [0.15, 0.2) is 0 Å². The molecule has 0 spiro atoms. The topological polar surface area (TPSA) is 21.7 Å². The molecule has 1 fully saturated rings. The van der Waals surface area contributed by atoms with Gasteiger partial charge in [-0.15, -0.1) is 0 Å². The lowest BCUT2D eigenvalue weighted by Gasteiger charge is -2.32. The number of anilines is 2. The molecule has 2 aromatic carbocycles. The van der Waals surface area contributed by atoms with E-state index in [0.717, 1.165) is 12.0 Å². The summed E-state index contributed by atoms with van der Waals surface area (Å²) < 4.78 is 12.7. The third-order valence-electron chi connectivity index (χ3n) is 7.64. The van der Waals surface area contributed by atoms with Crippen molar-refractivity contribution in [2.24, 2.45) is 0 Å². The Morgan fingerprint density at radius 2 is 1.55 bits per heavy atom. The van der Waals surface area contributed by atoms with Gasteiger partial charge in [0.25, 0.3) is 0 Å². The standard InChI is InChI=1S/C27H38BNO2/c1-7-8-9-13-18-27(6)20-29(22-14-11-10-12-15-22)24-17-16-21(19-23(24)27)28-30-25(2,3)26(4,5)31-28/h10-12,14-17,19H,7-9,13,18,20H2,1-6H3. The molecule has 4 rings (SSSR count). The summed E-state index contributed by atoms with van der Waals surface area (Å²) in [7, 11) is -0.314. The van der Waals surface area contributed by atoms with Gasteiger partial charge in [-0.3, -0.25) is 0 Å². The maximum absolute atomic E-state index is 6.37. The van der Waals surface area contributed by atoms with Crippen LogP contribution in [0.15, 0.2) is 48.5 Å². The number of rotatable bonds is 7. The first-order valence-corrected chi connectivity index (χ1v) is 12.0. The third kappa shape index (κ3) is 4.17. The van der Waals surface area contributed by atoms with Crippen LogP contribution in [0.4, 0.5) is 11.4 Å². The van der Waals surface area contributed by atoms with E-state index in [1.54, 1.807) is 0 Å². The molecule has 0 N–H and O–H groups in total. The summed E-state index contributed by atoms with van der Waals surface area (Å²) in [5, 5.41) is 0. The largest absolute Gasteiger partial charge is 0.494 e. The van der Waals surface area contributed by atoms with Crippen molar-refractivity contribution in [1.29, 1.82) is 0 Å². The first-order valence-electron chi connectivity index (χ1n) is 12.0. The number of benzene rings is 2. The van der Waals surface area contributed by atoms with Crippen molar-refractivity contribution in [3.05, 3.63) is 54.1 Å². The van der Waals surface area contributed by atoms with Gasteiger partial charge in [-0.1, -0.05) is 69.9 Å². The minimum absolute atomic E-state index is 0.124. The summed E-state index contributed by atoms with van der Waals surface area (Å²) in [6, 6.07) is 17.6. The molecule has 0 radical (unpaired) electrons. The molecule has 1 unspecified atom stereocenters. The summed E-state index contributed by atoms with van der Waals surface area (Å²) >= 11 is 0. The fourth-order valence-corrected chi connectivity index (χ4v) is 4.91. The van der Waals surface area contributed by atoms with Crippen LogP contribution in [0.3, 0.4) is 0 Å². The maximum atomic E-state index is 6.37. The van der Waals surface area contributed by atoms with Crippen LogP contribution in [0.1, 0.15) is 79.2 Å². The highest BCUT2D eigenvalue weighted by molar-refractivity contribution is 6.62. The van der Waals surface area contributed by atoms with E-state index in [0.29, 0.717) is 0 Å². The molecule has 4 heteroatoms. The molecule has 0 aromatic heterocycles. The molecular weight excluding hydrogens is 381 g/mol. The van der Waals surface area contributed by atoms with Gasteiger partial charge in [0.2, 0.25) is 0 Å². The lowest BCUT2D eigenvalue weighted by atomic mass is 9.73. The van der Waals surface area contributed by atoms with E-state index in [2.05, 4.69) is 95.0 Å². The van der Waals surface area contributed by atoms with Gasteiger partial charge < -0.3 is 14.2 Å². The molecule has 166 valence electrons. The van der Waals surface area contributed by atoms with Crippen LogP contribution in [-0.4, -0.2) is 24.9 Å². The van der Waals surface area contributed by atoms with Crippen LogP contribution >= 0.6 is 0 Å². The molecular formula is C27H38BNO2. The van der Waals surface area contributed by atoms with Crippen molar-refractivity contribution in [2.45, 2.75) is 90.3 Å². The Morgan fingerprint density at radius 3 is 2.19 bits per heavy atom. The van der Waals surface area contributed by atoms with E-state index in [-0.39, 0.29) is 23.7 Å². The monoisotopic (exact) mass is 419 g/mol. The quantitative estimate of drug-likeness (QED) is 0.385. The van der Waals surface area contributed by atoms with Crippen LogP contribution in [-0.2, 0) is 14.7 Å². The van der Waals surface area contributed by atoms with Crippen LogP contribution in [0.5, 0.6) is 0 Å². The molecule has 0 bridgehead atoms. The fraction of sp³-hybridized carbons (Fsp3) is 0.556. The molecule has 0 saturated carbocycles. The van der Waals surface area contributed by atoms with Crippen molar-refractivity contribution in [3.8, 4) is 0 Å². The summed E-state index contributed by atoms with van der Waals surface area (Å²) in [6.07, 6.45) is 6.38. The van der Waals surface area contributed by atoms with Gasteiger partial charge in [0.05, 0.1) is 11.2 Å². The molecule has 31 heavy (non-hydrogen) atoms. The minimum atomic E-state index is -0.323. The van der Waals surface area contributed by atoms with Gasteiger partial charge in [0.1, 0.15) is 0 Å². The smallest absolute Gasteiger partial charge is 0.399 e. The number of para-hydroxylation sites is 1. The number of hydrogen-bond acceptors (Lipinski definition) is 3. The zero-order valence-corrected chi connectivity index (χ0v) is 20.2. The van der Waals surface area contributed by atoms with Crippen LogP contribution in [0.25, 0.3) is 0 Å². The molecule has 1 atom stereocenters. The zero-order chi connectivity index (χ0) is 22.3. The van der Waals surface area contributed by atoms with Gasteiger partial charge in [-0.2, -0.15) is 0 Å². The lowest BCUT2D eigenvalue weighted by molar-refractivity contribution is 0.00578. The van der Waals surface area contributed by atoms with Gasteiger partial charge in [-0.05, 0) is 63.3 Å². The van der Waals surface area contributed by atoms with Gasteiger partial charge in [0, 0.05) is 23.3 Å². The lowest BCUT2D eigenvalue weighted by Crippen LogP contribution is -2.41. The van der Waals surface area contributed by atoms with Crippen LogP contribution in [0.2, 0.25) is 0 Å². The van der Waals surface area contributed by atoms with Crippen molar-refractivity contribution in [1.82, 2.24) is 0 Å². The highest BCUT2D eigenvalue weighted by Crippen LogP contribution is 2.47. The van der Waals surface area contributed by atoms with E-state index in [4.69, 9.17) is 9.31 Å². The Morgan fingerprint density at radius 1 is 0.871 bits per heavy atom. The van der Waals surface area contributed by atoms with E-state index >= 15 is 0 Å². The van der Waals surface area contributed by atoms with E-state index in [1.165, 1.54) is 49.0 Å². The molecule has 2 aromatic rings. The molecule has 3 nitrogen and oxygen atoms in total. The van der Waals surface area contributed by atoms with Crippen LogP contribution < -0.4 is 10.4 Å². The molecule has 2 aliphatic heterocycles. The second-order valence-corrected chi connectivity index (χ2v) is 10.7. The highest BCUT2D eigenvalue weighted by atomic mass is 16.7. The SMILES string of the molecule is CCCCCCC1(C)CN(c2ccccc2)c2ccc(B3OC(C)(C)C(C)(C)O3)cc21. The summed E-state index contributed by atoms with van der Waals surface area (Å²) in [5.41, 5.74) is 4.63. The molecule has 2 aliphatic rings. The fourth-order valence-electron chi connectivity index (χ4n) is 4.91. The summed E-state index contributed by atoms with van der Waals surface area (Å²) in [5.74, 6) is 0. The maximum Gasteiger partial charge on any atom is 0.494 e. The van der Waals surface area contributed by atoms with Crippen molar-refractivity contribution in [3.63, 3.8) is 0 Å². The van der Waals surface area contributed by atoms with Crippen molar-refractivity contribution < 1.29 is 9.31 Å². The average Bonchev–Trinajstić information content (AvgIpc) is 3.15. The van der Waals surface area contributed by atoms with Crippen molar-refractivity contribution in [2.75, 3.05) is 11.4 Å². The Labute approximate surface area is 189 Å². The molecule has 0 amide bonds. The normalized spacial score (nSPS) is 23.9. The molecule has 2 heterocycles. The Balaban J connectivity index is 1.68. The Hall–Kier alpha value is -1.78. The third-order valence-corrected chi connectivity index (χ3v) is 7.64. The highest BCUT2D eigenvalue weighted by Gasteiger charge is 2.52. The first kappa shape index (κ1) is 22.4. The van der Waals surface area contributed by atoms with Crippen molar-refractivity contribution >= 4 is 24.0 Å². The number of hydrogen-bond donors (Lipinski definition) is 0. The minimum Gasteiger partial charge on any atom is -0.399 e. The predicted octanol–water partition coefficient (Wildman–Crippen LogP) is 6.37. The predicted molar refractivity (Wildman–Crippen MR) is 132 cm³/mol. The first-order chi connectivity index (χ1) is 14.7. The second kappa shape index (κ2) is 8.29. The second-order valence-electron chi connectivity index (χ2n) is 10.7. The number of fused-ring (bicyclic) bond motifs is 1. The van der Waals surface area contributed by atoms with Crippen LogP contribution in [0, 0.1) is 0 Å². The number of unbranched alkanes of at least 4 members (excludes halogenated alkanes) is 3. The zero-order valence-electron chi connectivity index (χ0n) is 20.2. The van der Waals surface area contributed by atoms with E-state index < -0.39 is 0 Å². The molecule has 0 aliphatic carbocycles. The van der Waals surface area contributed by atoms with Gasteiger partial charge >= 0.3 is 7.12 Å². The Kier molecular flexibility index (Phi) is 6.00.